The highest BCUT2D eigenvalue weighted by Crippen LogP contribution is 2.03. The molecular formula is C12H14N2O5S. The van der Waals surface area contributed by atoms with Crippen LogP contribution in [0.25, 0.3) is 0 Å². The number of nitrogens with one attached hydrogen (secondary N) is 2. The van der Waals surface area contributed by atoms with Gasteiger partial charge < -0.3 is 9.84 Å². The van der Waals surface area contributed by atoms with E-state index in [1.165, 1.54) is 0 Å². The van der Waals surface area contributed by atoms with E-state index in [1.54, 1.807) is 29.0 Å². The third-order valence-corrected chi connectivity index (χ3v) is 3.09. The van der Waals surface area contributed by atoms with E-state index >= 15 is 0 Å². The first-order valence-electron chi connectivity index (χ1n) is 5.51. The van der Waals surface area contributed by atoms with Crippen molar-refractivity contribution in [2.75, 3.05) is 13.7 Å². The summed E-state index contributed by atoms with van der Waals surface area (Å²) in [5.41, 5.74) is 1.40. The third kappa shape index (κ3) is 5.71. The fraction of sp³-hybridized carbons (Fsp3) is 0.250. The molecular weight excluding hydrogens is 284 g/mol. The zero-order valence-electron chi connectivity index (χ0n) is 10.7. The maximum absolute atomic E-state index is 11.4. The molecule has 1 amide bonds. The van der Waals surface area contributed by atoms with Crippen molar-refractivity contribution in [2.24, 2.45) is 0 Å². The summed E-state index contributed by atoms with van der Waals surface area (Å²) in [6.07, 6.45) is -1.06. The number of methoxy groups -OCH3 is 1. The van der Waals surface area contributed by atoms with Crippen LogP contribution in [0.15, 0.2) is 24.3 Å². The SMILES string of the molecule is COC(=O)NS(=O)(=O)NCc1ccc(C#CCO)cc1. The molecule has 0 saturated heterocycles. The van der Waals surface area contributed by atoms with E-state index in [9.17, 15) is 13.2 Å². The molecule has 20 heavy (non-hydrogen) atoms. The lowest BCUT2D eigenvalue weighted by Gasteiger charge is -2.07. The van der Waals surface area contributed by atoms with Gasteiger partial charge in [-0.3, -0.25) is 0 Å². The summed E-state index contributed by atoms with van der Waals surface area (Å²) in [5.74, 6) is 5.22. The molecule has 7 nitrogen and oxygen atoms in total. The monoisotopic (exact) mass is 298 g/mol. The maximum atomic E-state index is 11.4. The fourth-order valence-electron chi connectivity index (χ4n) is 1.21. The van der Waals surface area contributed by atoms with Crippen LogP contribution in [0.4, 0.5) is 4.79 Å². The largest absolute Gasteiger partial charge is 0.452 e. The van der Waals surface area contributed by atoms with Crippen molar-refractivity contribution in [1.29, 1.82) is 0 Å². The van der Waals surface area contributed by atoms with Gasteiger partial charge in [0.1, 0.15) is 6.61 Å². The van der Waals surface area contributed by atoms with E-state index in [4.69, 9.17) is 5.11 Å². The van der Waals surface area contributed by atoms with Gasteiger partial charge in [0.25, 0.3) is 0 Å². The zero-order valence-corrected chi connectivity index (χ0v) is 11.5. The number of hydrogen-bond acceptors (Lipinski definition) is 5. The van der Waals surface area contributed by atoms with Crippen molar-refractivity contribution in [3.05, 3.63) is 35.4 Å². The van der Waals surface area contributed by atoms with Crippen LogP contribution >= 0.6 is 0 Å². The van der Waals surface area contributed by atoms with Gasteiger partial charge in [-0.2, -0.15) is 13.1 Å². The highest BCUT2D eigenvalue weighted by atomic mass is 32.2. The van der Waals surface area contributed by atoms with E-state index in [2.05, 4.69) is 21.3 Å². The smallest absolute Gasteiger partial charge is 0.421 e. The predicted octanol–water partition coefficient (Wildman–Crippen LogP) is -0.279. The highest BCUT2D eigenvalue weighted by molar-refractivity contribution is 7.88. The van der Waals surface area contributed by atoms with Gasteiger partial charge in [0, 0.05) is 12.1 Å². The van der Waals surface area contributed by atoms with Gasteiger partial charge in [0.2, 0.25) is 0 Å². The average Bonchev–Trinajstić information content (AvgIpc) is 2.43. The van der Waals surface area contributed by atoms with Crippen molar-refractivity contribution < 1.29 is 23.1 Å². The summed E-state index contributed by atoms with van der Waals surface area (Å²) in [6.45, 7) is -0.208. The second-order valence-corrected chi connectivity index (χ2v) is 5.07. The van der Waals surface area contributed by atoms with Gasteiger partial charge in [-0.15, -0.1) is 0 Å². The highest BCUT2D eigenvalue weighted by Gasteiger charge is 2.13. The number of amides is 1. The molecule has 0 radical (unpaired) electrons. The predicted molar refractivity (Wildman–Crippen MR) is 71.7 cm³/mol. The Morgan fingerprint density at radius 3 is 2.55 bits per heavy atom. The zero-order chi connectivity index (χ0) is 15.0. The molecule has 1 rings (SSSR count). The van der Waals surface area contributed by atoms with Gasteiger partial charge in [-0.1, -0.05) is 24.0 Å². The standard InChI is InChI=1S/C12H14N2O5S/c1-19-12(16)14-20(17,18)13-9-11-6-4-10(5-7-11)3-2-8-15/h4-7,13,15H,8-9H2,1H3,(H,14,16). The lowest BCUT2D eigenvalue weighted by molar-refractivity contribution is 0.177. The minimum Gasteiger partial charge on any atom is -0.452 e. The van der Waals surface area contributed by atoms with Gasteiger partial charge in [-0.25, -0.2) is 9.52 Å². The second-order valence-electron chi connectivity index (χ2n) is 3.58. The summed E-state index contributed by atoms with van der Waals surface area (Å²) in [4.78, 5) is 10.8. The molecule has 0 aliphatic heterocycles. The van der Waals surface area contributed by atoms with Gasteiger partial charge in [0.15, 0.2) is 0 Å². The number of benzene rings is 1. The molecule has 108 valence electrons. The number of carbonyl (C=O) groups excluding carboxylic acids is 1. The van der Waals surface area contributed by atoms with E-state index in [0.29, 0.717) is 11.1 Å². The minimum atomic E-state index is -3.95. The Hall–Kier alpha value is -2.08. The lowest BCUT2D eigenvalue weighted by atomic mass is 10.1. The first-order valence-corrected chi connectivity index (χ1v) is 6.99. The molecule has 0 saturated carbocycles. The Morgan fingerprint density at radius 1 is 1.35 bits per heavy atom. The molecule has 0 atom stereocenters. The van der Waals surface area contributed by atoms with Gasteiger partial charge in [-0.05, 0) is 17.7 Å². The molecule has 1 aromatic carbocycles. The Bertz CT molecular complexity index is 613. The van der Waals surface area contributed by atoms with Crippen molar-refractivity contribution in [2.45, 2.75) is 6.54 Å². The fourth-order valence-corrected chi connectivity index (χ4v) is 1.94. The Balaban J connectivity index is 2.59. The van der Waals surface area contributed by atoms with Crippen LogP contribution in [0.5, 0.6) is 0 Å². The Labute approximate surface area is 117 Å². The quantitative estimate of drug-likeness (QED) is 0.663. The number of hydrogen-bond donors (Lipinski definition) is 3. The van der Waals surface area contributed by atoms with Crippen molar-refractivity contribution >= 4 is 16.3 Å². The molecule has 8 heteroatoms. The molecule has 3 N–H and O–H groups in total. The third-order valence-electron chi connectivity index (χ3n) is 2.14. The van der Waals surface area contributed by atoms with Crippen molar-refractivity contribution in [1.82, 2.24) is 9.44 Å². The molecule has 0 aliphatic rings. The molecule has 0 fully saturated rings. The molecule has 0 bridgehead atoms. The summed E-state index contributed by atoms with van der Waals surface area (Å²) >= 11 is 0. The molecule has 0 unspecified atom stereocenters. The normalized spacial score (nSPS) is 10.3. The van der Waals surface area contributed by atoms with Crippen LogP contribution in [-0.2, 0) is 21.5 Å². The van der Waals surface area contributed by atoms with Crippen LogP contribution in [0, 0.1) is 11.8 Å². The summed E-state index contributed by atoms with van der Waals surface area (Å²) in [5, 5.41) is 8.55. The first-order chi connectivity index (χ1) is 9.46. The molecule has 0 spiro atoms. The average molecular weight is 298 g/mol. The van der Waals surface area contributed by atoms with Gasteiger partial charge in [0.05, 0.1) is 7.11 Å². The number of ether oxygens (including phenoxy) is 1. The maximum Gasteiger partial charge on any atom is 0.421 e. The molecule has 0 aliphatic carbocycles. The summed E-state index contributed by atoms with van der Waals surface area (Å²) in [7, 11) is -2.88. The number of aliphatic hydroxyl groups excluding tert-OH is 1. The van der Waals surface area contributed by atoms with Crippen molar-refractivity contribution in [3.63, 3.8) is 0 Å². The van der Waals surface area contributed by atoms with Crippen LogP contribution in [0.1, 0.15) is 11.1 Å². The summed E-state index contributed by atoms with van der Waals surface area (Å²) < 4.78 is 30.9. The molecule has 0 aromatic heterocycles. The minimum absolute atomic E-state index is 0.0139. The summed E-state index contributed by atoms with van der Waals surface area (Å²) in [6, 6.07) is 6.75. The first kappa shape index (κ1) is 16.0. The number of aliphatic hydroxyl groups is 1. The van der Waals surface area contributed by atoms with E-state index in [-0.39, 0.29) is 13.2 Å². The van der Waals surface area contributed by atoms with Gasteiger partial charge >= 0.3 is 16.3 Å². The molecule has 0 heterocycles. The van der Waals surface area contributed by atoms with Crippen LogP contribution < -0.4 is 9.44 Å². The van der Waals surface area contributed by atoms with Crippen LogP contribution in [0.2, 0.25) is 0 Å². The topological polar surface area (TPSA) is 105 Å². The Morgan fingerprint density at radius 2 is 2.00 bits per heavy atom. The Kier molecular flexibility index (Phi) is 5.99. The van der Waals surface area contributed by atoms with Crippen molar-refractivity contribution in [3.8, 4) is 11.8 Å². The second kappa shape index (κ2) is 7.49. The van der Waals surface area contributed by atoms with E-state index in [0.717, 1.165) is 7.11 Å². The van der Waals surface area contributed by atoms with E-state index in [1.807, 2.05) is 0 Å². The van der Waals surface area contributed by atoms with E-state index < -0.39 is 16.3 Å². The van der Waals surface area contributed by atoms with Crippen LogP contribution in [0.3, 0.4) is 0 Å². The molecule has 1 aromatic rings. The number of carbonyl (C=O) groups is 1. The number of rotatable bonds is 4. The van der Waals surface area contributed by atoms with Crippen LogP contribution in [-0.4, -0.2) is 33.3 Å². The lowest BCUT2D eigenvalue weighted by Crippen LogP contribution is -2.39.